The number of amides is 2. The van der Waals surface area contributed by atoms with E-state index in [0.29, 0.717) is 29.8 Å². The lowest BCUT2D eigenvalue weighted by atomic mass is 9.78. The summed E-state index contributed by atoms with van der Waals surface area (Å²) in [4.78, 5) is 36.1. The summed E-state index contributed by atoms with van der Waals surface area (Å²) in [5.74, 6) is 0.330. The number of carbonyl (C=O) groups excluding carboxylic acids is 3. The van der Waals surface area contributed by atoms with E-state index in [4.69, 9.17) is 9.47 Å². The lowest BCUT2D eigenvalue weighted by Crippen LogP contribution is -2.45. The molecule has 3 atom stereocenters. The van der Waals surface area contributed by atoms with Crippen LogP contribution in [-0.4, -0.2) is 43.6 Å². The number of benzene rings is 1. The Kier molecular flexibility index (Phi) is 9.64. The summed E-state index contributed by atoms with van der Waals surface area (Å²) in [6, 6.07) is 6.85. The van der Waals surface area contributed by atoms with Crippen LogP contribution in [0.15, 0.2) is 24.3 Å². The number of esters is 1. The summed E-state index contributed by atoms with van der Waals surface area (Å²) in [6.45, 7) is 6.43. The Hall–Kier alpha value is -2.57. The van der Waals surface area contributed by atoms with Gasteiger partial charge in [-0.1, -0.05) is 40.0 Å². The highest BCUT2D eigenvalue weighted by atomic mass is 16.5. The third-order valence-corrected chi connectivity index (χ3v) is 5.69. The standard InChI is InChI=1S/C23H34N2O5/c1-4-5-13-29-19-11-9-18(10-12-19)23(28)24-14-22(27)30-15-21(26)25-20-8-6-7-16(2)17(20)3/h9-12,16-17,20H,4-8,13-15H2,1-3H3,(H,24,28)(H,25,26)/t16-,17-,20-/m0/s1. The number of carbonyl (C=O) groups is 3. The van der Waals surface area contributed by atoms with Gasteiger partial charge in [-0.2, -0.15) is 0 Å². The first-order valence-electron chi connectivity index (χ1n) is 10.9. The topological polar surface area (TPSA) is 93.7 Å². The highest BCUT2D eigenvalue weighted by Crippen LogP contribution is 2.29. The molecule has 1 saturated carbocycles. The molecule has 0 aliphatic heterocycles. The SMILES string of the molecule is CCCCOc1ccc(C(=O)NCC(=O)OCC(=O)N[C@H]2CCC[C@H](C)[C@@H]2C)cc1. The quantitative estimate of drug-likeness (QED) is 0.450. The lowest BCUT2D eigenvalue weighted by molar-refractivity contribution is -0.147. The molecule has 166 valence electrons. The second-order valence-electron chi connectivity index (χ2n) is 8.01. The molecule has 0 heterocycles. The van der Waals surface area contributed by atoms with E-state index >= 15 is 0 Å². The summed E-state index contributed by atoms with van der Waals surface area (Å²) in [7, 11) is 0. The van der Waals surface area contributed by atoms with Crippen molar-refractivity contribution in [1.82, 2.24) is 10.6 Å². The zero-order valence-electron chi connectivity index (χ0n) is 18.2. The number of ether oxygens (including phenoxy) is 2. The van der Waals surface area contributed by atoms with Crippen LogP contribution in [0.3, 0.4) is 0 Å². The van der Waals surface area contributed by atoms with Crippen LogP contribution in [-0.2, 0) is 14.3 Å². The number of rotatable bonds is 10. The van der Waals surface area contributed by atoms with Crippen LogP contribution in [0.1, 0.15) is 63.2 Å². The maximum atomic E-state index is 12.1. The highest BCUT2D eigenvalue weighted by Gasteiger charge is 2.28. The number of hydrogen-bond acceptors (Lipinski definition) is 5. The molecule has 0 aromatic heterocycles. The smallest absolute Gasteiger partial charge is 0.325 e. The lowest BCUT2D eigenvalue weighted by Gasteiger charge is -2.34. The first kappa shape index (κ1) is 23.7. The second kappa shape index (κ2) is 12.2. The molecule has 1 aromatic carbocycles. The molecule has 2 amide bonds. The van der Waals surface area contributed by atoms with Gasteiger partial charge in [-0.15, -0.1) is 0 Å². The van der Waals surface area contributed by atoms with Gasteiger partial charge >= 0.3 is 5.97 Å². The Morgan fingerprint density at radius 3 is 2.53 bits per heavy atom. The average molecular weight is 419 g/mol. The molecule has 30 heavy (non-hydrogen) atoms. The number of hydrogen-bond donors (Lipinski definition) is 2. The predicted octanol–water partition coefficient (Wildman–Crippen LogP) is 3.08. The Bertz CT molecular complexity index is 704. The fraction of sp³-hybridized carbons (Fsp3) is 0.609. The molecule has 2 N–H and O–H groups in total. The van der Waals surface area contributed by atoms with Crippen molar-refractivity contribution in [1.29, 1.82) is 0 Å². The molecule has 2 rings (SSSR count). The summed E-state index contributed by atoms with van der Waals surface area (Å²) in [5.41, 5.74) is 0.420. The minimum atomic E-state index is -0.650. The fourth-order valence-corrected chi connectivity index (χ4v) is 3.52. The fourth-order valence-electron chi connectivity index (χ4n) is 3.52. The Morgan fingerprint density at radius 1 is 1.10 bits per heavy atom. The van der Waals surface area contributed by atoms with Crippen molar-refractivity contribution in [2.45, 2.75) is 58.9 Å². The van der Waals surface area contributed by atoms with E-state index in [-0.39, 0.29) is 31.0 Å². The van der Waals surface area contributed by atoms with Crippen LogP contribution in [0.5, 0.6) is 5.75 Å². The Morgan fingerprint density at radius 2 is 1.83 bits per heavy atom. The van der Waals surface area contributed by atoms with E-state index in [0.717, 1.165) is 25.7 Å². The Labute approximate surface area is 178 Å². The predicted molar refractivity (Wildman–Crippen MR) is 114 cm³/mol. The van der Waals surface area contributed by atoms with Crippen LogP contribution < -0.4 is 15.4 Å². The van der Waals surface area contributed by atoms with Gasteiger partial charge in [0.25, 0.3) is 11.8 Å². The molecular weight excluding hydrogens is 384 g/mol. The zero-order chi connectivity index (χ0) is 21.9. The van der Waals surface area contributed by atoms with Gasteiger partial charge in [0.15, 0.2) is 6.61 Å². The van der Waals surface area contributed by atoms with Crippen molar-refractivity contribution in [2.24, 2.45) is 11.8 Å². The van der Waals surface area contributed by atoms with Gasteiger partial charge in [-0.3, -0.25) is 14.4 Å². The van der Waals surface area contributed by atoms with Crippen molar-refractivity contribution >= 4 is 17.8 Å². The highest BCUT2D eigenvalue weighted by molar-refractivity contribution is 5.96. The van der Waals surface area contributed by atoms with Crippen molar-refractivity contribution < 1.29 is 23.9 Å². The monoisotopic (exact) mass is 418 g/mol. The van der Waals surface area contributed by atoms with Gasteiger partial charge in [-0.25, -0.2) is 0 Å². The van der Waals surface area contributed by atoms with E-state index in [2.05, 4.69) is 31.4 Å². The van der Waals surface area contributed by atoms with Gasteiger partial charge in [0.1, 0.15) is 12.3 Å². The van der Waals surface area contributed by atoms with Crippen LogP contribution in [0, 0.1) is 11.8 Å². The summed E-state index contributed by atoms with van der Waals surface area (Å²) < 4.78 is 10.5. The molecule has 0 radical (unpaired) electrons. The molecule has 1 aromatic rings. The summed E-state index contributed by atoms with van der Waals surface area (Å²) >= 11 is 0. The minimum Gasteiger partial charge on any atom is -0.494 e. The van der Waals surface area contributed by atoms with E-state index in [1.165, 1.54) is 6.42 Å². The first-order chi connectivity index (χ1) is 14.4. The largest absolute Gasteiger partial charge is 0.494 e. The third kappa shape index (κ3) is 7.69. The molecule has 0 spiro atoms. The van der Waals surface area contributed by atoms with Crippen LogP contribution in [0.25, 0.3) is 0 Å². The van der Waals surface area contributed by atoms with E-state index < -0.39 is 5.97 Å². The van der Waals surface area contributed by atoms with E-state index in [1.54, 1.807) is 24.3 Å². The van der Waals surface area contributed by atoms with Crippen molar-refractivity contribution in [3.63, 3.8) is 0 Å². The van der Waals surface area contributed by atoms with Gasteiger partial charge in [0.2, 0.25) is 0 Å². The molecule has 1 aliphatic rings. The molecule has 0 bridgehead atoms. The van der Waals surface area contributed by atoms with Crippen LogP contribution >= 0.6 is 0 Å². The van der Waals surface area contributed by atoms with Gasteiger partial charge < -0.3 is 20.1 Å². The van der Waals surface area contributed by atoms with Crippen molar-refractivity contribution in [2.75, 3.05) is 19.8 Å². The second-order valence-corrected chi connectivity index (χ2v) is 8.01. The molecule has 0 saturated heterocycles. The molecule has 1 fully saturated rings. The Balaban J connectivity index is 1.67. The van der Waals surface area contributed by atoms with Crippen molar-refractivity contribution in [3.05, 3.63) is 29.8 Å². The van der Waals surface area contributed by atoms with E-state index in [9.17, 15) is 14.4 Å². The molecule has 0 unspecified atom stereocenters. The molecule has 7 heteroatoms. The summed E-state index contributed by atoms with van der Waals surface area (Å²) in [6.07, 6.45) is 5.24. The van der Waals surface area contributed by atoms with Gasteiger partial charge in [0, 0.05) is 11.6 Å². The van der Waals surface area contributed by atoms with Crippen LogP contribution in [0.2, 0.25) is 0 Å². The average Bonchev–Trinajstić information content (AvgIpc) is 2.74. The summed E-state index contributed by atoms with van der Waals surface area (Å²) in [5, 5.41) is 5.46. The molecule has 1 aliphatic carbocycles. The minimum absolute atomic E-state index is 0.119. The number of unbranched alkanes of at least 4 members (excludes halogenated alkanes) is 1. The normalized spacial score (nSPS) is 20.8. The maximum absolute atomic E-state index is 12.1. The molecule has 7 nitrogen and oxygen atoms in total. The van der Waals surface area contributed by atoms with E-state index in [1.807, 2.05) is 0 Å². The maximum Gasteiger partial charge on any atom is 0.325 e. The first-order valence-corrected chi connectivity index (χ1v) is 10.9. The van der Waals surface area contributed by atoms with Crippen LogP contribution in [0.4, 0.5) is 0 Å². The number of nitrogens with one attached hydrogen (secondary N) is 2. The van der Waals surface area contributed by atoms with Gasteiger partial charge in [-0.05, 0) is 48.9 Å². The van der Waals surface area contributed by atoms with Crippen molar-refractivity contribution in [3.8, 4) is 5.75 Å². The molecular formula is C23H34N2O5. The third-order valence-electron chi connectivity index (χ3n) is 5.69. The van der Waals surface area contributed by atoms with Gasteiger partial charge in [0.05, 0.1) is 6.61 Å². The zero-order valence-corrected chi connectivity index (χ0v) is 18.2.